The summed E-state index contributed by atoms with van der Waals surface area (Å²) in [6.07, 6.45) is 5.44. The van der Waals surface area contributed by atoms with E-state index in [1.54, 1.807) is 0 Å². The van der Waals surface area contributed by atoms with E-state index < -0.39 is 0 Å². The second-order valence-corrected chi connectivity index (χ2v) is 6.43. The molecule has 1 saturated carbocycles. The molecular weight excluding hydrogens is 309 g/mol. The minimum atomic E-state index is 0. The van der Waals surface area contributed by atoms with Gasteiger partial charge >= 0.3 is 0 Å². The van der Waals surface area contributed by atoms with E-state index in [9.17, 15) is 4.79 Å². The van der Waals surface area contributed by atoms with Crippen LogP contribution >= 0.6 is 24.8 Å². The van der Waals surface area contributed by atoms with Crippen molar-refractivity contribution in [2.24, 2.45) is 17.6 Å². The molecule has 0 spiro atoms. The van der Waals surface area contributed by atoms with Crippen LogP contribution in [0.1, 0.15) is 39.5 Å². The molecule has 6 heteroatoms. The number of nitrogens with two attached hydrogens (primary N) is 1. The molecule has 2 fully saturated rings. The summed E-state index contributed by atoms with van der Waals surface area (Å²) >= 11 is 0. The lowest BCUT2D eigenvalue weighted by Crippen LogP contribution is -2.53. The lowest BCUT2D eigenvalue weighted by atomic mass is 9.79. The fourth-order valence-corrected chi connectivity index (χ4v) is 3.60. The molecule has 2 N–H and O–H groups in total. The van der Waals surface area contributed by atoms with Gasteiger partial charge in [-0.3, -0.25) is 9.69 Å². The number of carbonyl (C=O) groups is 1. The van der Waals surface area contributed by atoms with E-state index in [-0.39, 0.29) is 37.3 Å². The molecule has 1 amide bonds. The minimum absolute atomic E-state index is 0. The highest BCUT2D eigenvalue weighted by Crippen LogP contribution is 2.32. The van der Waals surface area contributed by atoms with Crippen molar-refractivity contribution in [1.29, 1.82) is 0 Å². The van der Waals surface area contributed by atoms with Gasteiger partial charge in [0.05, 0.1) is 6.54 Å². The molecule has 1 aliphatic heterocycles. The molecule has 4 nitrogen and oxygen atoms in total. The topological polar surface area (TPSA) is 49.6 Å². The smallest absolute Gasteiger partial charge is 0.236 e. The third-order valence-corrected chi connectivity index (χ3v) is 5.04. The number of hydrogen-bond acceptors (Lipinski definition) is 3. The quantitative estimate of drug-likeness (QED) is 0.856. The molecule has 0 aromatic carbocycles. The predicted molar refractivity (Wildman–Crippen MR) is 92.3 cm³/mol. The number of halogens is 2. The number of amides is 1. The van der Waals surface area contributed by atoms with Gasteiger partial charge < -0.3 is 10.6 Å². The second kappa shape index (κ2) is 9.88. The molecule has 0 aromatic heterocycles. The fraction of sp³-hybridized carbons (Fsp3) is 0.933. The van der Waals surface area contributed by atoms with Crippen molar-refractivity contribution in [2.75, 3.05) is 32.7 Å². The summed E-state index contributed by atoms with van der Waals surface area (Å²) in [4.78, 5) is 16.1. The van der Waals surface area contributed by atoms with Gasteiger partial charge in [0.1, 0.15) is 0 Å². The number of carbonyl (C=O) groups excluding carboxylic acids is 1. The fourth-order valence-electron chi connectivity index (χ4n) is 3.60. The summed E-state index contributed by atoms with van der Waals surface area (Å²) in [6, 6.07) is 0.755. The maximum atomic E-state index is 11.6. The highest BCUT2D eigenvalue weighted by Gasteiger charge is 2.29. The molecule has 0 bridgehead atoms. The van der Waals surface area contributed by atoms with Crippen LogP contribution in [0.15, 0.2) is 0 Å². The van der Waals surface area contributed by atoms with Crippen molar-refractivity contribution in [3.63, 3.8) is 0 Å². The van der Waals surface area contributed by atoms with Gasteiger partial charge in [-0.1, -0.05) is 13.8 Å². The van der Waals surface area contributed by atoms with Crippen LogP contribution in [0.5, 0.6) is 0 Å². The highest BCUT2D eigenvalue weighted by atomic mass is 35.5. The largest absolute Gasteiger partial charge is 0.339 e. The maximum Gasteiger partial charge on any atom is 0.236 e. The summed E-state index contributed by atoms with van der Waals surface area (Å²) in [7, 11) is 0. The van der Waals surface area contributed by atoms with Gasteiger partial charge in [0, 0.05) is 32.2 Å². The molecule has 2 aliphatic rings. The van der Waals surface area contributed by atoms with Gasteiger partial charge in [-0.25, -0.2) is 0 Å². The predicted octanol–water partition coefficient (Wildman–Crippen LogP) is 2.15. The average molecular weight is 340 g/mol. The van der Waals surface area contributed by atoms with Crippen LogP contribution in [0, 0.1) is 11.8 Å². The standard InChI is InChI=1S/C15H29N3O.2ClH/c1-12(2)13-3-5-14(6-4-13)17-7-9-18(10-8-17)15(19)11-16;;/h12-14H,3-11,16H2,1-2H3;2*1H. The summed E-state index contributed by atoms with van der Waals surface area (Å²) in [5.74, 6) is 1.86. The zero-order valence-electron chi connectivity index (χ0n) is 13.3. The van der Waals surface area contributed by atoms with E-state index in [2.05, 4.69) is 18.7 Å². The third kappa shape index (κ3) is 5.59. The van der Waals surface area contributed by atoms with Crippen LogP contribution in [-0.4, -0.2) is 54.5 Å². The zero-order valence-corrected chi connectivity index (χ0v) is 14.9. The van der Waals surface area contributed by atoms with Crippen LogP contribution in [-0.2, 0) is 4.79 Å². The number of rotatable bonds is 3. The lowest BCUT2D eigenvalue weighted by Gasteiger charge is -2.42. The normalized spacial score (nSPS) is 27.0. The summed E-state index contributed by atoms with van der Waals surface area (Å²) < 4.78 is 0. The van der Waals surface area contributed by atoms with Gasteiger partial charge in [-0.2, -0.15) is 0 Å². The molecule has 0 radical (unpaired) electrons. The van der Waals surface area contributed by atoms with E-state index in [1.807, 2.05) is 4.90 Å². The highest BCUT2D eigenvalue weighted by molar-refractivity contribution is 5.85. The first-order valence-electron chi connectivity index (χ1n) is 7.83. The van der Waals surface area contributed by atoms with Crippen molar-refractivity contribution < 1.29 is 4.79 Å². The Morgan fingerprint density at radius 1 is 1.05 bits per heavy atom. The SMILES string of the molecule is CC(C)C1CCC(N2CCN(C(=O)CN)CC2)CC1.Cl.Cl. The monoisotopic (exact) mass is 339 g/mol. The minimum Gasteiger partial charge on any atom is -0.339 e. The Labute approximate surface area is 141 Å². The Morgan fingerprint density at radius 3 is 2.00 bits per heavy atom. The van der Waals surface area contributed by atoms with Crippen LogP contribution in [0.2, 0.25) is 0 Å². The first kappa shape index (κ1) is 21.0. The molecule has 126 valence electrons. The molecule has 0 unspecified atom stereocenters. The number of hydrogen-bond donors (Lipinski definition) is 1. The second-order valence-electron chi connectivity index (χ2n) is 6.43. The summed E-state index contributed by atoms with van der Waals surface area (Å²) in [6.45, 7) is 8.63. The Morgan fingerprint density at radius 2 is 1.57 bits per heavy atom. The van der Waals surface area contributed by atoms with Crippen molar-refractivity contribution in [2.45, 2.75) is 45.6 Å². The Kier molecular flexibility index (Phi) is 9.87. The molecule has 21 heavy (non-hydrogen) atoms. The van der Waals surface area contributed by atoms with Gasteiger partial charge in [0.2, 0.25) is 5.91 Å². The Balaban J connectivity index is 0.00000200. The van der Waals surface area contributed by atoms with Crippen LogP contribution in [0.4, 0.5) is 0 Å². The van der Waals surface area contributed by atoms with E-state index in [1.165, 1.54) is 25.7 Å². The van der Waals surface area contributed by atoms with Crippen molar-refractivity contribution in [3.05, 3.63) is 0 Å². The van der Waals surface area contributed by atoms with E-state index >= 15 is 0 Å². The van der Waals surface area contributed by atoms with Gasteiger partial charge in [0.25, 0.3) is 0 Å². The molecule has 0 atom stereocenters. The van der Waals surface area contributed by atoms with Crippen LogP contribution in [0.3, 0.4) is 0 Å². The van der Waals surface area contributed by atoms with E-state index in [4.69, 9.17) is 5.73 Å². The number of nitrogens with zero attached hydrogens (tertiary/aromatic N) is 2. The Hall–Kier alpha value is -0.0300. The van der Waals surface area contributed by atoms with Gasteiger partial charge in [0.15, 0.2) is 0 Å². The molecule has 1 saturated heterocycles. The van der Waals surface area contributed by atoms with E-state index in [0.717, 1.165) is 44.1 Å². The van der Waals surface area contributed by atoms with Crippen molar-refractivity contribution in [3.8, 4) is 0 Å². The molecule has 2 rings (SSSR count). The van der Waals surface area contributed by atoms with Crippen LogP contribution < -0.4 is 5.73 Å². The van der Waals surface area contributed by atoms with Crippen molar-refractivity contribution in [1.82, 2.24) is 9.80 Å². The van der Waals surface area contributed by atoms with E-state index in [0.29, 0.717) is 0 Å². The van der Waals surface area contributed by atoms with Crippen molar-refractivity contribution >= 4 is 30.7 Å². The molecule has 1 aliphatic carbocycles. The zero-order chi connectivity index (χ0) is 13.8. The van der Waals surface area contributed by atoms with Gasteiger partial charge in [-0.15, -0.1) is 24.8 Å². The Bertz CT molecular complexity index is 299. The average Bonchev–Trinajstić information content (AvgIpc) is 2.46. The number of piperazine rings is 1. The lowest BCUT2D eigenvalue weighted by molar-refractivity contribution is -0.131. The van der Waals surface area contributed by atoms with Crippen LogP contribution in [0.25, 0.3) is 0 Å². The summed E-state index contributed by atoms with van der Waals surface area (Å²) in [5, 5.41) is 0. The van der Waals surface area contributed by atoms with Gasteiger partial charge in [-0.05, 0) is 37.5 Å². The maximum absolute atomic E-state index is 11.6. The third-order valence-electron chi connectivity index (χ3n) is 5.04. The summed E-state index contributed by atoms with van der Waals surface area (Å²) in [5.41, 5.74) is 5.42. The molecular formula is C15H31Cl2N3O. The first-order valence-corrected chi connectivity index (χ1v) is 7.83. The molecule has 1 heterocycles. The molecule has 0 aromatic rings. The first-order chi connectivity index (χ1) is 9.11.